The van der Waals surface area contributed by atoms with E-state index in [1.54, 1.807) is 0 Å². The van der Waals surface area contributed by atoms with Gasteiger partial charge < -0.3 is 0 Å². The monoisotopic (exact) mass is 320 g/mol. The van der Waals surface area contributed by atoms with Gasteiger partial charge in [0, 0.05) is 0 Å². The molecule has 0 saturated carbocycles. The van der Waals surface area contributed by atoms with Crippen LogP contribution >= 0.6 is 0 Å². The second-order valence-corrected chi connectivity index (χ2v) is 5.97. The smallest absolute Gasteiger partial charge is 0.113 e. The molecular weight excluding hydrogens is 300 g/mol. The molecule has 0 aliphatic carbocycles. The number of benzene rings is 2. The molecule has 2 aromatic heterocycles. The first-order valence-electron chi connectivity index (χ1n) is 8.43. The lowest BCUT2D eigenvalue weighted by Gasteiger charge is -2.23. The van der Waals surface area contributed by atoms with Crippen molar-refractivity contribution >= 4 is 22.1 Å². The normalized spacial score (nSPS) is 14.2. The summed E-state index contributed by atoms with van der Waals surface area (Å²) in [6.07, 6.45) is 1.83. The summed E-state index contributed by atoms with van der Waals surface area (Å²) in [6.45, 7) is 4.31. The van der Waals surface area contributed by atoms with E-state index in [4.69, 9.17) is 0 Å². The Balaban J connectivity index is 1.76. The topological polar surface area (TPSA) is 61.4 Å². The Morgan fingerprint density at radius 3 is 1.17 bits per heavy atom. The Labute approximate surface area is 140 Å². The molecule has 0 spiro atoms. The Kier molecular flexibility index (Phi) is 3.72. The molecule has 24 heavy (non-hydrogen) atoms. The molecule has 122 valence electrons. The highest BCUT2D eigenvalue weighted by Crippen LogP contribution is 2.29. The molecule has 0 bridgehead atoms. The van der Waals surface area contributed by atoms with Crippen LogP contribution in [0.5, 0.6) is 0 Å². The van der Waals surface area contributed by atoms with Gasteiger partial charge in [0.2, 0.25) is 0 Å². The van der Waals surface area contributed by atoms with E-state index < -0.39 is 0 Å². The third-order valence-corrected chi connectivity index (χ3v) is 4.48. The zero-order chi connectivity index (χ0) is 16.5. The summed E-state index contributed by atoms with van der Waals surface area (Å²) < 4.78 is 0. The quantitative estimate of drug-likeness (QED) is 0.561. The van der Waals surface area contributed by atoms with Gasteiger partial charge in [0.1, 0.15) is 22.1 Å². The lowest BCUT2D eigenvalue weighted by atomic mass is 10.0. The Hall–Kier alpha value is -2.76. The standard InChI is InChI=1S/C18H20N6/c1-3-17(23-19-13-9-5-6-10-14(13)20-23)18(4-2)24-21-15-11-7-8-12-16(15)22-24/h5-12,17-18H,3-4H2,1-2H3/t17-,18-/m1/s1. The summed E-state index contributed by atoms with van der Waals surface area (Å²) >= 11 is 0. The van der Waals surface area contributed by atoms with E-state index in [9.17, 15) is 0 Å². The average molecular weight is 320 g/mol. The van der Waals surface area contributed by atoms with Crippen molar-refractivity contribution in [1.29, 1.82) is 0 Å². The van der Waals surface area contributed by atoms with Crippen molar-refractivity contribution < 1.29 is 0 Å². The fraction of sp³-hybridized carbons (Fsp3) is 0.333. The van der Waals surface area contributed by atoms with Crippen LogP contribution in [0.25, 0.3) is 22.1 Å². The fourth-order valence-corrected chi connectivity index (χ4v) is 3.23. The number of hydrogen-bond acceptors (Lipinski definition) is 4. The molecule has 6 nitrogen and oxygen atoms in total. The van der Waals surface area contributed by atoms with Gasteiger partial charge in [-0.05, 0) is 37.1 Å². The van der Waals surface area contributed by atoms with Crippen LogP contribution in [-0.4, -0.2) is 30.0 Å². The van der Waals surface area contributed by atoms with Gasteiger partial charge in [-0.1, -0.05) is 38.1 Å². The van der Waals surface area contributed by atoms with E-state index in [0.29, 0.717) is 0 Å². The van der Waals surface area contributed by atoms with Crippen LogP contribution < -0.4 is 0 Å². The molecule has 0 amide bonds. The summed E-state index contributed by atoms with van der Waals surface area (Å²) in [5, 5.41) is 18.7. The Bertz CT molecular complexity index is 824. The van der Waals surface area contributed by atoms with Crippen molar-refractivity contribution in [2.45, 2.75) is 38.8 Å². The first kappa shape index (κ1) is 14.8. The zero-order valence-corrected chi connectivity index (χ0v) is 13.9. The van der Waals surface area contributed by atoms with Gasteiger partial charge in [0.15, 0.2) is 0 Å². The van der Waals surface area contributed by atoms with E-state index in [1.165, 1.54) is 0 Å². The van der Waals surface area contributed by atoms with Gasteiger partial charge in [-0.15, -0.1) is 0 Å². The van der Waals surface area contributed by atoms with Crippen LogP contribution in [0.4, 0.5) is 0 Å². The molecule has 0 saturated heterocycles. The fourth-order valence-electron chi connectivity index (χ4n) is 3.23. The molecule has 6 heteroatoms. The molecule has 0 fully saturated rings. The lowest BCUT2D eigenvalue weighted by molar-refractivity contribution is 0.232. The lowest BCUT2D eigenvalue weighted by Crippen LogP contribution is -2.25. The molecule has 2 heterocycles. The summed E-state index contributed by atoms with van der Waals surface area (Å²) in [7, 11) is 0. The Morgan fingerprint density at radius 2 is 0.917 bits per heavy atom. The van der Waals surface area contributed by atoms with E-state index in [2.05, 4.69) is 34.2 Å². The first-order valence-corrected chi connectivity index (χ1v) is 8.43. The van der Waals surface area contributed by atoms with Crippen LogP contribution in [0.2, 0.25) is 0 Å². The second-order valence-electron chi connectivity index (χ2n) is 5.97. The highest BCUT2D eigenvalue weighted by atomic mass is 15.5. The maximum Gasteiger partial charge on any atom is 0.113 e. The van der Waals surface area contributed by atoms with E-state index >= 15 is 0 Å². The number of hydrogen-bond donors (Lipinski definition) is 0. The molecular formula is C18H20N6. The molecule has 0 aliphatic heterocycles. The van der Waals surface area contributed by atoms with Gasteiger partial charge in [0.25, 0.3) is 0 Å². The molecule has 4 aromatic rings. The van der Waals surface area contributed by atoms with E-state index in [-0.39, 0.29) is 12.1 Å². The van der Waals surface area contributed by atoms with Crippen molar-refractivity contribution in [3.05, 3.63) is 48.5 Å². The van der Waals surface area contributed by atoms with Crippen molar-refractivity contribution in [2.24, 2.45) is 0 Å². The Morgan fingerprint density at radius 1 is 0.625 bits per heavy atom. The second kappa shape index (κ2) is 6.03. The van der Waals surface area contributed by atoms with Crippen molar-refractivity contribution in [3.8, 4) is 0 Å². The van der Waals surface area contributed by atoms with Crippen LogP contribution in [-0.2, 0) is 0 Å². The van der Waals surface area contributed by atoms with Gasteiger partial charge in [-0.25, -0.2) is 0 Å². The molecule has 0 radical (unpaired) electrons. The molecule has 0 N–H and O–H groups in total. The summed E-state index contributed by atoms with van der Waals surface area (Å²) in [5.41, 5.74) is 3.68. The van der Waals surface area contributed by atoms with Crippen molar-refractivity contribution in [2.75, 3.05) is 0 Å². The highest BCUT2D eigenvalue weighted by Gasteiger charge is 2.26. The average Bonchev–Trinajstić information content (AvgIpc) is 3.22. The minimum Gasteiger partial charge on any atom is -0.178 e. The number of rotatable bonds is 5. The molecule has 2 atom stereocenters. The third kappa shape index (κ3) is 2.44. The maximum atomic E-state index is 4.67. The molecule has 2 aromatic carbocycles. The van der Waals surface area contributed by atoms with E-state index in [0.717, 1.165) is 34.9 Å². The SMILES string of the molecule is CC[C@H]([C@@H](CC)n1nc2ccccc2n1)n1nc2ccccc2n1. The van der Waals surface area contributed by atoms with Crippen LogP contribution in [0.3, 0.4) is 0 Å². The minimum absolute atomic E-state index is 0.115. The maximum absolute atomic E-state index is 4.67. The van der Waals surface area contributed by atoms with Gasteiger partial charge in [-0.3, -0.25) is 0 Å². The largest absolute Gasteiger partial charge is 0.178 e. The van der Waals surface area contributed by atoms with Crippen molar-refractivity contribution in [1.82, 2.24) is 30.0 Å². The third-order valence-electron chi connectivity index (χ3n) is 4.48. The van der Waals surface area contributed by atoms with Gasteiger partial charge in [-0.2, -0.15) is 30.0 Å². The molecule has 0 aliphatic rings. The predicted octanol–water partition coefficient (Wildman–Crippen LogP) is 3.78. The van der Waals surface area contributed by atoms with Gasteiger partial charge >= 0.3 is 0 Å². The summed E-state index contributed by atoms with van der Waals surface area (Å²) in [4.78, 5) is 3.68. The van der Waals surface area contributed by atoms with Crippen LogP contribution in [0.15, 0.2) is 48.5 Å². The van der Waals surface area contributed by atoms with Crippen LogP contribution in [0.1, 0.15) is 38.8 Å². The summed E-state index contributed by atoms with van der Waals surface area (Å²) in [6, 6.07) is 16.2. The number of nitrogens with zero attached hydrogens (tertiary/aromatic N) is 6. The molecule has 0 unspecified atom stereocenters. The van der Waals surface area contributed by atoms with Crippen LogP contribution in [0, 0.1) is 0 Å². The van der Waals surface area contributed by atoms with Crippen molar-refractivity contribution in [3.63, 3.8) is 0 Å². The first-order chi connectivity index (χ1) is 11.8. The highest BCUT2D eigenvalue weighted by molar-refractivity contribution is 5.73. The predicted molar refractivity (Wildman–Crippen MR) is 93.7 cm³/mol. The number of fused-ring (bicyclic) bond motifs is 2. The molecule has 4 rings (SSSR count). The van der Waals surface area contributed by atoms with E-state index in [1.807, 2.05) is 58.1 Å². The summed E-state index contributed by atoms with van der Waals surface area (Å²) in [5.74, 6) is 0. The van der Waals surface area contributed by atoms with Gasteiger partial charge in [0.05, 0.1) is 12.1 Å². The number of aromatic nitrogens is 6. The minimum atomic E-state index is 0.115. The zero-order valence-electron chi connectivity index (χ0n) is 13.9.